The van der Waals surface area contributed by atoms with Crippen molar-refractivity contribution in [3.8, 4) is 5.75 Å². The molecule has 0 saturated carbocycles. The molecule has 24 heavy (non-hydrogen) atoms. The van der Waals surface area contributed by atoms with Gasteiger partial charge in [-0.3, -0.25) is 4.79 Å². The molecule has 1 aromatic carbocycles. The number of ether oxygens (including phenoxy) is 1. The molecule has 1 atom stereocenters. The van der Waals surface area contributed by atoms with E-state index in [-0.39, 0.29) is 18.0 Å². The van der Waals surface area contributed by atoms with Gasteiger partial charge in [-0.2, -0.15) is 0 Å². The van der Waals surface area contributed by atoms with Gasteiger partial charge in [-0.1, -0.05) is 32.9 Å². The van der Waals surface area contributed by atoms with Gasteiger partial charge in [0.2, 0.25) is 0 Å². The van der Waals surface area contributed by atoms with Gasteiger partial charge in [-0.25, -0.2) is 4.79 Å². The number of carbonyl (C=O) groups is 2. The molecule has 0 aliphatic carbocycles. The summed E-state index contributed by atoms with van der Waals surface area (Å²) in [5, 5.41) is 11.7. The van der Waals surface area contributed by atoms with E-state index in [1.165, 1.54) is 5.56 Å². The smallest absolute Gasteiger partial charge is 0.317 e. The number of hydrogen-bond acceptors (Lipinski definition) is 3. The predicted octanol–water partition coefficient (Wildman–Crippen LogP) is 2.48. The number of nitrogens with one attached hydrogen (secondary N) is 1. The first-order valence-corrected chi connectivity index (χ1v) is 8.26. The molecule has 0 bridgehead atoms. The van der Waals surface area contributed by atoms with Gasteiger partial charge in [0.05, 0.1) is 12.5 Å². The number of benzene rings is 1. The van der Waals surface area contributed by atoms with Crippen LogP contribution in [0, 0.1) is 5.92 Å². The van der Waals surface area contributed by atoms with Crippen LogP contribution in [-0.2, 0) is 10.2 Å². The van der Waals surface area contributed by atoms with Crippen LogP contribution in [0.2, 0.25) is 0 Å². The molecular weight excluding hydrogens is 308 g/mol. The topological polar surface area (TPSA) is 78.9 Å². The van der Waals surface area contributed by atoms with E-state index in [1.807, 2.05) is 18.2 Å². The normalized spacial score (nSPS) is 17.6. The summed E-state index contributed by atoms with van der Waals surface area (Å²) >= 11 is 0. The second-order valence-electron chi connectivity index (χ2n) is 7.13. The Bertz CT molecular complexity index is 595. The molecule has 1 unspecified atom stereocenters. The van der Waals surface area contributed by atoms with Crippen LogP contribution in [-0.4, -0.2) is 48.2 Å². The van der Waals surface area contributed by atoms with E-state index < -0.39 is 11.9 Å². The van der Waals surface area contributed by atoms with Crippen molar-refractivity contribution < 1.29 is 19.4 Å². The number of likely N-dealkylation sites (tertiary alicyclic amines) is 1. The Morgan fingerprint density at radius 1 is 1.38 bits per heavy atom. The number of hydrogen-bond donors (Lipinski definition) is 2. The van der Waals surface area contributed by atoms with Gasteiger partial charge in [0.1, 0.15) is 12.4 Å². The molecule has 1 aromatic rings. The summed E-state index contributed by atoms with van der Waals surface area (Å²) in [6, 6.07) is 7.71. The number of aliphatic carboxylic acids is 1. The van der Waals surface area contributed by atoms with Crippen LogP contribution >= 0.6 is 0 Å². The standard InChI is InChI=1S/C18H26N2O4/c1-18(2,3)14-5-4-6-15(11-14)24-10-8-19-17(23)20-9-7-13(12-20)16(21)22/h4-6,11,13H,7-10,12H2,1-3H3,(H,19,23)(H,21,22). The minimum atomic E-state index is -0.840. The lowest BCUT2D eigenvalue weighted by Crippen LogP contribution is -2.40. The molecule has 2 amide bonds. The van der Waals surface area contributed by atoms with Gasteiger partial charge < -0.3 is 20.1 Å². The quantitative estimate of drug-likeness (QED) is 0.811. The summed E-state index contributed by atoms with van der Waals surface area (Å²) in [5.74, 6) is -0.511. The maximum absolute atomic E-state index is 12.0. The molecule has 1 aliphatic heterocycles. The van der Waals surface area contributed by atoms with Crippen molar-refractivity contribution in [3.05, 3.63) is 29.8 Å². The minimum Gasteiger partial charge on any atom is -0.492 e. The zero-order chi connectivity index (χ0) is 17.7. The summed E-state index contributed by atoms with van der Waals surface area (Å²) in [7, 11) is 0. The van der Waals surface area contributed by atoms with E-state index in [0.717, 1.165) is 5.75 Å². The molecule has 0 radical (unpaired) electrons. The monoisotopic (exact) mass is 334 g/mol. The number of carboxylic acid groups (broad SMARTS) is 1. The summed E-state index contributed by atoms with van der Waals surface area (Å²) in [4.78, 5) is 24.4. The van der Waals surface area contributed by atoms with Crippen molar-refractivity contribution in [2.45, 2.75) is 32.6 Å². The fourth-order valence-electron chi connectivity index (χ4n) is 2.64. The third-order valence-electron chi connectivity index (χ3n) is 4.17. The van der Waals surface area contributed by atoms with E-state index in [0.29, 0.717) is 26.1 Å². The SMILES string of the molecule is CC(C)(C)c1cccc(OCCNC(=O)N2CCC(C(=O)O)C2)c1. The van der Waals surface area contributed by atoms with Crippen molar-refractivity contribution >= 4 is 12.0 Å². The molecule has 1 heterocycles. The fraction of sp³-hybridized carbons (Fsp3) is 0.556. The lowest BCUT2D eigenvalue weighted by atomic mass is 9.87. The highest BCUT2D eigenvalue weighted by atomic mass is 16.5. The van der Waals surface area contributed by atoms with Gasteiger partial charge >= 0.3 is 12.0 Å². The van der Waals surface area contributed by atoms with Gasteiger partial charge in [-0.15, -0.1) is 0 Å². The molecule has 0 spiro atoms. The minimum absolute atomic E-state index is 0.0595. The van der Waals surface area contributed by atoms with Crippen LogP contribution in [0.3, 0.4) is 0 Å². The Hall–Kier alpha value is -2.24. The first kappa shape index (κ1) is 18.1. The molecule has 1 saturated heterocycles. The third kappa shape index (κ3) is 4.88. The first-order valence-electron chi connectivity index (χ1n) is 8.26. The van der Waals surface area contributed by atoms with Crippen LogP contribution < -0.4 is 10.1 Å². The second kappa shape index (κ2) is 7.55. The van der Waals surface area contributed by atoms with E-state index in [1.54, 1.807) is 4.90 Å². The predicted molar refractivity (Wildman–Crippen MR) is 91.4 cm³/mol. The molecule has 6 nitrogen and oxygen atoms in total. The molecule has 2 N–H and O–H groups in total. The number of rotatable bonds is 5. The van der Waals surface area contributed by atoms with Gasteiger partial charge in [0, 0.05) is 13.1 Å². The van der Waals surface area contributed by atoms with E-state index in [9.17, 15) is 9.59 Å². The van der Waals surface area contributed by atoms with Gasteiger partial charge in [0.15, 0.2) is 0 Å². The Balaban J connectivity index is 1.73. The van der Waals surface area contributed by atoms with Crippen LogP contribution in [0.4, 0.5) is 4.79 Å². The second-order valence-corrected chi connectivity index (χ2v) is 7.13. The van der Waals surface area contributed by atoms with Crippen LogP contribution in [0.1, 0.15) is 32.8 Å². The van der Waals surface area contributed by atoms with Gasteiger partial charge in [0.25, 0.3) is 0 Å². The average Bonchev–Trinajstić information content (AvgIpc) is 3.01. The molecule has 6 heteroatoms. The molecular formula is C18H26N2O4. The Labute approximate surface area is 142 Å². The molecule has 132 valence electrons. The Morgan fingerprint density at radius 3 is 2.75 bits per heavy atom. The van der Waals surface area contributed by atoms with Crippen molar-refractivity contribution in [2.75, 3.05) is 26.2 Å². The van der Waals surface area contributed by atoms with Crippen LogP contribution in [0.5, 0.6) is 5.75 Å². The number of nitrogens with zero attached hydrogens (tertiary/aromatic N) is 1. The number of amides is 2. The van der Waals surface area contributed by atoms with Gasteiger partial charge in [-0.05, 0) is 29.5 Å². The summed E-state index contributed by atoms with van der Waals surface area (Å²) in [6.45, 7) is 7.95. The zero-order valence-electron chi connectivity index (χ0n) is 14.5. The Kier molecular flexibility index (Phi) is 5.70. The van der Waals surface area contributed by atoms with Crippen molar-refractivity contribution in [1.29, 1.82) is 0 Å². The summed E-state index contributed by atoms with van der Waals surface area (Å²) in [5.41, 5.74) is 1.25. The van der Waals surface area contributed by atoms with E-state index in [4.69, 9.17) is 9.84 Å². The van der Waals surface area contributed by atoms with Crippen LogP contribution in [0.15, 0.2) is 24.3 Å². The molecule has 2 rings (SSSR count). The number of carbonyl (C=O) groups excluding carboxylic acids is 1. The zero-order valence-corrected chi connectivity index (χ0v) is 14.5. The first-order chi connectivity index (χ1) is 11.3. The lowest BCUT2D eigenvalue weighted by Gasteiger charge is -2.20. The highest BCUT2D eigenvalue weighted by molar-refractivity contribution is 5.77. The molecule has 0 aromatic heterocycles. The fourth-order valence-corrected chi connectivity index (χ4v) is 2.64. The third-order valence-corrected chi connectivity index (χ3v) is 4.17. The lowest BCUT2D eigenvalue weighted by molar-refractivity contribution is -0.141. The Morgan fingerprint density at radius 2 is 2.12 bits per heavy atom. The molecule has 1 aliphatic rings. The van der Waals surface area contributed by atoms with Crippen LogP contribution in [0.25, 0.3) is 0 Å². The number of urea groups is 1. The maximum Gasteiger partial charge on any atom is 0.317 e. The highest BCUT2D eigenvalue weighted by Gasteiger charge is 2.30. The van der Waals surface area contributed by atoms with E-state index in [2.05, 4.69) is 32.2 Å². The van der Waals surface area contributed by atoms with Crippen molar-refractivity contribution in [1.82, 2.24) is 10.2 Å². The van der Waals surface area contributed by atoms with Crippen molar-refractivity contribution in [2.24, 2.45) is 5.92 Å². The van der Waals surface area contributed by atoms with E-state index >= 15 is 0 Å². The van der Waals surface area contributed by atoms with Crippen molar-refractivity contribution in [3.63, 3.8) is 0 Å². The molecule has 1 fully saturated rings. The summed E-state index contributed by atoms with van der Waals surface area (Å²) < 4.78 is 5.69. The maximum atomic E-state index is 12.0. The largest absolute Gasteiger partial charge is 0.492 e. The highest BCUT2D eigenvalue weighted by Crippen LogP contribution is 2.25. The average molecular weight is 334 g/mol. The number of carboxylic acids is 1. The summed E-state index contributed by atoms with van der Waals surface area (Å²) in [6.07, 6.45) is 0.513.